The van der Waals surface area contributed by atoms with Crippen LogP contribution in [0.5, 0.6) is 11.5 Å². The smallest absolute Gasteiger partial charge is 0.341 e. The van der Waals surface area contributed by atoms with Crippen LogP contribution >= 0.6 is 59.4 Å². The van der Waals surface area contributed by atoms with Crippen molar-refractivity contribution in [3.63, 3.8) is 0 Å². The van der Waals surface area contributed by atoms with Crippen molar-refractivity contribution in [2.75, 3.05) is 51.2 Å². The van der Waals surface area contributed by atoms with Gasteiger partial charge in [0.1, 0.15) is 11.5 Å². The topological polar surface area (TPSA) is 51.2 Å². The van der Waals surface area contributed by atoms with Gasteiger partial charge >= 0.3 is 5.97 Å². The minimum absolute atomic E-state index is 0.379. The molecule has 0 aromatic heterocycles. The number of nitrogens with zero attached hydrogens (tertiary/aromatic N) is 2. The van der Waals surface area contributed by atoms with Gasteiger partial charge in [0.25, 0.3) is 0 Å². The lowest BCUT2D eigenvalue weighted by molar-refractivity contribution is 0.0298. The summed E-state index contributed by atoms with van der Waals surface area (Å²) in [6.45, 7) is 5.75. The molecule has 0 saturated carbocycles. The number of hydrogen-bond donors (Lipinski definition) is 0. The molecule has 62 heavy (non-hydrogen) atoms. The number of halogens is 4. The van der Waals surface area contributed by atoms with Gasteiger partial charge in [-0.05, 0) is 155 Å². The Morgan fingerprint density at radius 1 is 0.581 bits per heavy atom. The zero-order valence-corrected chi connectivity index (χ0v) is 42.0. The fraction of sp³-hybridized carbons (Fsp3) is 0.327. The van der Waals surface area contributed by atoms with Gasteiger partial charge in [-0.15, -0.1) is 0 Å². The van der Waals surface area contributed by atoms with Crippen molar-refractivity contribution in [1.82, 2.24) is 0 Å². The predicted molar refractivity (Wildman–Crippen MR) is 269 cm³/mol. The Hall–Kier alpha value is -4.02. The zero-order chi connectivity index (χ0) is 44.4. The molecule has 0 spiro atoms. The molecule has 1 aliphatic rings. The third kappa shape index (κ3) is 11.2. The van der Waals surface area contributed by atoms with Crippen LogP contribution in [0, 0.1) is 0 Å². The zero-order valence-electron chi connectivity index (χ0n) is 36.5. The molecule has 5 aromatic carbocycles. The molecule has 10 heteroatoms. The van der Waals surface area contributed by atoms with Crippen molar-refractivity contribution in [2.45, 2.75) is 70.8 Å². The highest BCUT2D eigenvalue weighted by Gasteiger charge is 2.48. The van der Waals surface area contributed by atoms with E-state index in [1.54, 1.807) is 0 Å². The predicted octanol–water partition coefficient (Wildman–Crippen LogP) is 15.3. The molecule has 0 unspecified atom stereocenters. The lowest BCUT2D eigenvalue weighted by atomic mass is 9.83. The summed E-state index contributed by atoms with van der Waals surface area (Å²) in [5.74, 6) is 1.13. The number of fused-ring (bicyclic) bond motifs is 1. The Morgan fingerprint density at radius 3 is 1.34 bits per heavy atom. The summed E-state index contributed by atoms with van der Waals surface area (Å²) in [6.07, 6.45) is 13.2. The summed E-state index contributed by atoms with van der Waals surface area (Å²) in [5, 5.41) is 0.412. The number of ether oxygens (including phenoxy) is 3. The first-order valence-electron chi connectivity index (χ1n) is 21.4. The summed E-state index contributed by atoms with van der Waals surface area (Å²) in [6, 6.07) is 33.2. The molecular formula is C52H56Br3ClN2O4. The highest BCUT2D eigenvalue weighted by Crippen LogP contribution is 2.54. The van der Waals surface area contributed by atoms with E-state index in [1.165, 1.54) is 25.7 Å². The molecule has 0 N–H and O–H groups in total. The molecule has 0 saturated heterocycles. The Balaban J connectivity index is 1.60. The van der Waals surface area contributed by atoms with E-state index in [4.69, 9.17) is 25.8 Å². The number of esters is 1. The van der Waals surface area contributed by atoms with Crippen LogP contribution < -0.4 is 19.3 Å². The number of carbonyl (C=O) groups is 1. The Bertz CT molecular complexity index is 2240. The SMILES string of the molecule is CCCCCCOc1ccc(/C(=C/C2(/C=C(/c3ccc(OCCCCCC)cc3)c3ccc(N(C)C)cc3)OC(=O)c3c(Br)c(Br)c(Cl)c(Br)c32)c2ccc(N(C)C)cc2)cc1. The van der Waals surface area contributed by atoms with Gasteiger partial charge in [0.2, 0.25) is 0 Å². The fourth-order valence-corrected chi connectivity index (χ4v) is 9.79. The van der Waals surface area contributed by atoms with Crippen LogP contribution in [-0.4, -0.2) is 47.4 Å². The van der Waals surface area contributed by atoms with Crippen LogP contribution in [0.1, 0.15) is 103 Å². The van der Waals surface area contributed by atoms with Gasteiger partial charge in [-0.2, -0.15) is 0 Å². The summed E-state index contributed by atoms with van der Waals surface area (Å²) < 4.78 is 20.8. The van der Waals surface area contributed by atoms with E-state index in [-0.39, 0.29) is 0 Å². The first kappa shape index (κ1) is 47.5. The maximum absolute atomic E-state index is 14.4. The number of hydrogen-bond acceptors (Lipinski definition) is 6. The molecule has 326 valence electrons. The normalized spacial score (nSPS) is 13.5. The van der Waals surface area contributed by atoms with E-state index < -0.39 is 11.6 Å². The molecule has 1 aliphatic heterocycles. The quantitative estimate of drug-likeness (QED) is 0.0335. The molecule has 1 heterocycles. The second-order valence-electron chi connectivity index (χ2n) is 16.1. The maximum Gasteiger partial charge on any atom is 0.341 e. The summed E-state index contributed by atoms with van der Waals surface area (Å²) in [5.41, 5.74) is 7.08. The molecule has 0 amide bonds. The first-order valence-corrected chi connectivity index (χ1v) is 24.2. The van der Waals surface area contributed by atoms with Crippen molar-refractivity contribution in [3.8, 4) is 11.5 Å². The Morgan fingerprint density at radius 2 is 0.968 bits per heavy atom. The van der Waals surface area contributed by atoms with Gasteiger partial charge in [0.05, 0.1) is 28.3 Å². The Kier molecular flexibility index (Phi) is 16.9. The number of carbonyl (C=O) groups excluding carboxylic acids is 1. The second kappa shape index (κ2) is 22.1. The van der Waals surface area contributed by atoms with Crippen LogP contribution in [0.2, 0.25) is 5.02 Å². The lowest BCUT2D eigenvalue weighted by Crippen LogP contribution is -2.23. The summed E-state index contributed by atoms with van der Waals surface area (Å²) >= 11 is 18.3. The fourth-order valence-electron chi connectivity index (χ4n) is 7.56. The van der Waals surface area contributed by atoms with Gasteiger partial charge in [-0.3, -0.25) is 0 Å². The van der Waals surface area contributed by atoms with E-state index >= 15 is 0 Å². The minimum atomic E-state index is -1.47. The highest BCUT2D eigenvalue weighted by molar-refractivity contribution is 9.13. The van der Waals surface area contributed by atoms with E-state index in [0.29, 0.717) is 42.8 Å². The van der Waals surface area contributed by atoms with Gasteiger partial charge in [-0.25, -0.2) is 4.79 Å². The van der Waals surface area contributed by atoms with E-state index in [2.05, 4.69) is 156 Å². The molecule has 0 bridgehead atoms. The Labute approximate surface area is 398 Å². The lowest BCUT2D eigenvalue weighted by Gasteiger charge is -2.28. The number of unbranched alkanes of at least 4 members (excludes halogenated alkanes) is 6. The average molecular weight is 1050 g/mol. The van der Waals surface area contributed by atoms with E-state index in [0.717, 1.165) is 82.0 Å². The maximum atomic E-state index is 14.4. The first-order chi connectivity index (χ1) is 29.9. The van der Waals surface area contributed by atoms with E-state index in [9.17, 15) is 4.79 Å². The molecule has 5 aromatic rings. The monoisotopic (exact) mass is 1040 g/mol. The summed E-state index contributed by atoms with van der Waals surface area (Å²) in [7, 11) is 8.10. The second-order valence-corrected chi connectivity index (χ2v) is 18.8. The minimum Gasteiger partial charge on any atom is -0.494 e. The van der Waals surface area contributed by atoms with Gasteiger partial charge in [0.15, 0.2) is 5.60 Å². The van der Waals surface area contributed by atoms with Crippen molar-refractivity contribution in [2.24, 2.45) is 0 Å². The highest BCUT2D eigenvalue weighted by atomic mass is 79.9. The molecule has 0 atom stereocenters. The van der Waals surface area contributed by atoms with Gasteiger partial charge in [0, 0.05) is 54.1 Å². The number of benzene rings is 5. The molecule has 0 fully saturated rings. The number of anilines is 2. The average Bonchev–Trinajstić information content (AvgIpc) is 3.57. The van der Waals surface area contributed by atoms with Crippen LogP contribution in [-0.2, 0) is 10.3 Å². The molecule has 0 aliphatic carbocycles. The van der Waals surface area contributed by atoms with Crippen molar-refractivity contribution in [1.29, 1.82) is 0 Å². The number of rotatable bonds is 20. The molecule has 0 radical (unpaired) electrons. The molecular weight excluding hydrogens is 992 g/mol. The largest absolute Gasteiger partial charge is 0.494 e. The van der Waals surface area contributed by atoms with Gasteiger partial charge < -0.3 is 24.0 Å². The molecule has 6 nitrogen and oxygen atoms in total. The van der Waals surface area contributed by atoms with Crippen molar-refractivity contribution < 1.29 is 19.0 Å². The van der Waals surface area contributed by atoms with Crippen molar-refractivity contribution in [3.05, 3.63) is 161 Å². The van der Waals surface area contributed by atoms with Crippen LogP contribution in [0.4, 0.5) is 11.4 Å². The third-order valence-electron chi connectivity index (χ3n) is 11.1. The van der Waals surface area contributed by atoms with Crippen LogP contribution in [0.3, 0.4) is 0 Å². The molecule has 6 rings (SSSR count). The standard InChI is InChI=1S/C52H56Br3ClN2O4/c1-7-9-11-13-31-60-41-27-19-37(20-28-41)43(35-15-23-39(24-16-35)57(3)4)33-52(46-45(51(59)62-52)47(53)49(55)50(56)48(46)54)34-44(36-17-25-40(26-18-36)58(5)6)38-21-29-42(30-22-38)61-32-14-12-10-8-2/h15-30,33-34H,7-14,31-32H2,1-6H3/b43-33+,44-34+. The third-order valence-corrected chi connectivity index (χ3v) is 14.8. The summed E-state index contributed by atoms with van der Waals surface area (Å²) in [4.78, 5) is 18.6. The number of cyclic esters (lactones) is 1. The van der Waals surface area contributed by atoms with Crippen LogP contribution in [0.15, 0.2) is 123 Å². The van der Waals surface area contributed by atoms with Crippen molar-refractivity contribution >= 4 is 87.9 Å². The van der Waals surface area contributed by atoms with E-state index in [1.807, 2.05) is 52.5 Å². The van der Waals surface area contributed by atoms with Crippen LogP contribution in [0.25, 0.3) is 11.1 Å². The van der Waals surface area contributed by atoms with Gasteiger partial charge in [-0.1, -0.05) is 113 Å².